The van der Waals surface area contributed by atoms with Gasteiger partial charge in [-0.05, 0) is 103 Å². The summed E-state index contributed by atoms with van der Waals surface area (Å²) in [6.45, 7) is 2.03. The van der Waals surface area contributed by atoms with Crippen molar-refractivity contribution in [2.45, 2.75) is 25.7 Å². The van der Waals surface area contributed by atoms with Crippen LogP contribution in [0.2, 0.25) is 0 Å². The second-order valence-electron chi connectivity index (χ2n) is 31.7. The van der Waals surface area contributed by atoms with Crippen LogP contribution < -0.4 is 40.8 Å². The van der Waals surface area contributed by atoms with Crippen LogP contribution in [0.4, 0.5) is 83.9 Å². The number of methoxy groups -OCH3 is 3. The van der Waals surface area contributed by atoms with E-state index in [9.17, 15) is 50.3 Å². The van der Waals surface area contributed by atoms with E-state index >= 15 is 0 Å². The molecule has 10 heterocycles. The first-order valence-electron chi connectivity index (χ1n) is 43.8. The third-order valence-corrected chi connectivity index (χ3v) is 22.4. The Bertz CT molecular complexity index is 8080. The van der Waals surface area contributed by atoms with Crippen molar-refractivity contribution >= 4 is 142 Å². The van der Waals surface area contributed by atoms with E-state index in [-0.39, 0.29) is 46.2 Å². The molecule has 11 aromatic carbocycles. The molecule has 0 fully saturated rings. The van der Waals surface area contributed by atoms with Crippen molar-refractivity contribution in [3.8, 4) is 17.2 Å². The molecule has 0 amide bonds. The standard InChI is InChI=1S/C26H20N4O.C21H15F3N4O2.C21H18N4O3.C20H13F3N4O.C20H16N4O/c31-24(20-9-5-2-6-10-20)22-16-27-25-23(22)26(29-17-28-25)30-21-13-11-19(12-14-21)15-18-7-3-1-4-8-18;1-30-15-8-13(21(22,23)24)7-14(9-15)28-20-17-16(10-25-19(17)26-11-27-20)18(29)12-5-3-2-4-6-12;1-27-14-8-9-16(17(10-14)28-2)25-21-18-15(11-22-20(18)23-12-24-21)19(26)13-6-4-3-5-7-13;21-20(22,23)13-6-8-14(9-7-13)27-19-16-15(10-24-18(16)25-11-26-19)17(28)12-4-2-1-3-5-12;1-13-6-5-9-15(10-13)24-20-17-16(11-21-19(17)22-12-23-20)18(25)14-7-3-2-4-8-14/h1-14,16-17H,15H2,(H2,27,28,29,30);2-11H,1H3,(H2,25,26,27,28);3-12H,1-2H3,(H2,22,23,24,25);1-11H,(H2,24,25,26,27);2-12H,1H3,(H2,21,22,23,24). The number of carbonyl (C=O) groups excluding carboxylic acids is 5. The molecule has 10 N–H and O–H groups in total. The van der Waals surface area contributed by atoms with Crippen LogP contribution in [0.1, 0.15) is 107 Å². The first-order valence-corrected chi connectivity index (χ1v) is 43.8. The fourth-order valence-corrected chi connectivity index (χ4v) is 15.4. The molecule has 10 aromatic heterocycles. The zero-order valence-corrected chi connectivity index (χ0v) is 75.7. The van der Waals surface area contributed by atoms with Crippen molar-refractivity contribution in [1.82, 2.24) is 74.8 Å². The van der Waals surface area contributed by atoms with E-state index in [1.165, 1.54) is 74.3 Å². The van der Waals surface area contributed by atoms with Gasteiger partial charge in [0.2, 0.25) is 0 Å². The molecule has 21 rings (SSSR count). The van der Waals surface area contributed by atoms with Crippen LogP contribution in [0.5, 0.6) is 17.2 Å². The Morgan fingerprint density at radius 2 is 0.599 bits per heavy atom. The number of halogens is 6. The summed E-state index contributed by atoms with van der Waals surface area (Å²) in [5.74, 6) is 2.84. The molecule has 0 unspecified atom stereocenters. The lowest BCUT2D eigenvalue weighted by Gasteiger charge is -2.13. The first kappa shape index (κ1) is 94.6. The van der Waals surface area contributed by atoms with Gasteiger partial charge in [0, 0.05) is 93.7 Å². The number of aryl methyl sites for hydroxylation is 1. The lowest BCUT2D eigenvalue weighted by atomic mass is 10.0. The summed E-state index contributed by atoms with van der Waals surface area (Å²) in [5.41, 5.74) is 12.8. The van der Waals surface area contributed by atoms with Gasteiger partial charge in [0.25, 0.3) is 0 Å². The minimum absolute atomic E-state index is 0.0345. The Labute approximate surface area is 804 Å². The molecule has 0 aliphatic carbocycles. The van der Waals surface area contributed by atoms with Gasteiger partial charge in [0.05, 0.1) is 92.9 Å². The number of carbonyl (C=O) groups is 5. The van der Waals surface area contributed by atoms with Crippen molar-refractivity contribution in [2.75, 3.05) is 47.9 Å². The number of hydrogen-bond acceptors (Lipinski definition) is 23. The van der Waals surface area contributed by atoms with Crippen molar-refractivity contribution in [1.29, 1.82) is 0 Å². The van der Waals surface area contributed by atoms with Gasteiger partial charge in [-0.25, -0.2) is 49.8 Å². The van der Waals surface area contributed by atoms with E-state index in [0.29, 0.717) is 157 Å². The summed E-state index contributed by atoms with van der Waals surface area (Å²) in [6, 6.07) is 84.8. The Morgan fingerprint density at radius 3 is 0.930 bits per heavy atom. The summed E-state index contributed by atoms with van der Waals surface area (Å²) in [7, 11) is 4.46. The van der Waals surface area contributed by atoms with Gasteiger partial charge in [-0.1, -0.05) is 206 Å². The average molecular weight is 1900 g/mol. The van der Waals surface area contributed by atoms with E-state index in [1.54, 1.807) is 124 Å². The van der Waals surface area contributed by atoms with E-state index in [2.05, 4.69) is 138 Å². The number of ketones is 5. The molecule has 0 spiro atoms. The smallest absolute Gasteiger partial charge is 0.416 e. The Hall–Kier alpha value is -19.2. The zero-order chi connectivity index (χ0) is 98.8. The van der Waals surface area contributed by atoms with Crippen LogP contribution in [0.25, 0.3) is 55.2 Å². The van der Waals surface area contributed by atoms with E-state index < -0.39 is 23.5 Å². The van der Waals surface area contributed by atoms with Crippen LogP contribution >= 0.6 is 0 Å². The number of H-pyrrole nitrogens is 5. The SMILES string of the molecule is COc1cc(Nc2ncnc3[nH]cc(C(=O)c4ccccc4)c23)cc(C(F)(F)F)c1.COc1ccc(Nc2ncnc3[nH]cc(C(=O)c4ccccc4)c23)c(OC)c1.Cc1cccc(Nc2ncnc3[nH]cc(C(=O)c4ccccc4)c23)c1.O=C(c1ccccc1)c1c[nH]c2ncnc(Nc3ccc(C(F)(F)F)cc3)c12.O=C(c1ccccc1)c1c[nH]c2ncnc(Nc3ccc(Cc4ccccc4)cc3)c12. The average Bonchev–Trinajstić information content (AvgIpc) is 1.64. The predicted octanol–water partition coefficient (Wildman–Crippen LogP) is 23.6. The van der Waals surface area contributed by atoms with Crippen molar-refractivity contribution in [3.63, 3.8) is 0 Å². The molecule has 0 radical (unpaired) electrons. The number of rotatable bonds is 25. The quantitative estimate of drug-likeness (QED) is 0.0188. The summed E-state index contributed by atoms with van der Waals surface area (Å²) >= 11 is 0. The highest BCUT2D eigenvalue weighted by atomic mass is 19.4. The van der Waals surface area contributed by atoms with Gasteiger partial charge in [0.1, 0.15) is 106 Å². The number of aromatic nitrogens is 15. The molecule has 0 aliphatic rings. The fourth-order valence-electron chi connectivity index (χ4n) is 15.4. The van der Waals surface area contributed by atoms with E-state index in [4.69, 9.17) is 14.2 Å². The number of hydrogen-bond donors (Lipinski definition) is 10. The lowest BCUT2D eigenvalue weighted by molar-refractivity contribution is -0.138. The molecule has 0 saturated heterocycles. The molecule has 0 aliphatic heterocycles. The molecule has 0 atom stereocenters. The van der Waals surface area contributed by atoms with Crippen LogP contribution in [0, 0.1) is 6.92 Å². The normalized spacial score (nSPS) is 11.1. The third-order valence-electron chi connectivity index (χ3n) is 22.4. The number of nitrogens with zero attached hydrogens (tertiary/aromatic N) is 10. The first-order chi connectivity index (χ1) is 69.0. The maximum absolute atomic E-state index is 13.2. The molecular formula is C108H82F6N20O8. The summed E-state index contributed by atoms with van der Waals surface area (Å²) in [4.78, 5) is 122. The number of nitrogens with one attached hydrogen (secondary N) is 10. The van der Waals surface area contributed by atoms with Crippen molar-refractivity contribution in [3.05, 3.63) is 437 Å². The predicted molar refractivity (Wildman–Crippen MR) is 531 cm³/mol. The topological polar surface area (TPSA) is 381 Å². The molecule has 21 aromatic rings. The highest BCUT2D eigenvalue weighted by Gasteiger charge is 2.33. The number of fused-ring (bicyclic) bond motifs is 5. The minimum Gasteiger partial charge on any atom is -0.497 e. The molecule has 34 heteroatoms. The number of aromatic amines is 5. The second kappa shape index (κ2) is 42.8. The van der Waals surface area contributed by atoms with Crippen LogP contribution in [0.15, 0.2) is 354 Å². The fraction of sp³-hybridized carbons (Fsp3) is 0.0648. The van der Waals surface area contributed by atoms with E-state index in [0.717, 1.165) is 47.6 Å². The van der Waals surface area contributed by atoms with Gasteiger partial charge in [-0.2, -0.15) is 26.3 Å². The van der Waals surface area contributed by atoms with Crippen LogP contribution in [0.3, 0.4) is 0 Å². The largest absolute Gasteiger partial charge is 0.497 e. The number of ether oxygens (including phenoxy) is 3. The highest BCUT2D eigenvalue weighted by Crippen LogP contribution is 2.40. The molecule has 142 heavy (non-hydrogen) atoms. The number of alkyl halides is 6. The van der Waals surface area contributed by atoms with Gasteiger partial charge in [-0.15, -0.1) is 0 Å². The van der Waals surface area contributed by atoms with Gasteiger partial charge in [0.15, 0.2) is 28.9 Å². The minimum atomic E-state index is -4.55. The number of benzene rings is 11. The van der Waals surface area contributed by atoms with Gasteiger partial charge < -0.3 is 65.7 Å². The summed E-state index contributed by atoms with van der Waals surface area (Å²) < 4.78 is 93.5. The van der Waals surface area contributed by atoms with E-state index in [1.807, 2.05) is 134 Å². The maximum Gasteiger partial charge on any atom is 0.416 e. The van der Waals surface area contributed by atoms with Crippen LogP contribution in [-0.4, -0.2) is 125 Å². The molecular weight excluding hydrogens is 1820 g/mol. The second-order valence-corrected chi connectivity index (χ2v) is 31.7. The Morgan fingerprint density at radius 1 is 0.282 bits per heavy atom. The highest BCUT2D eigenvalue weighted by molar-refractivity contribution is 6.22. The third kappa shape index (κ3) is 22.0. The number of anilines is 10. The summed E-state index contributed by atoms with van der Waals surface area (Å²) in [6.07, 6.45) is 6.99. The monoisotopic (exact) mass is 1900 g/mol. The van der Waals surface area contributed by atoms with Crippen LogP contribution in [-0.2, 0) is 18.8 Å². The zero-order valence-electron chi connectivity index (χ0n) is 75.7. The summed E-state index contributed by atoms with van der Waals surface area (Å²) in [5, 5.41) is 18.6. The Kier molecular flexibility index (Phi) is 28.5. The molecule has 0 saturated carbocycles. The maximum atomic E-state index is 13.2. The molecule has 28 nitrogen and oxygen atoms in total. The molecule has 0 bridgehead atoms. The van der Waals surface area contributed by atoms with Gasteiger partial charge in [-0.3, -0.25) is 24.0 Å². The van der Waals surface area contributed by atoms with Gasteiger partial charge >= 0.3 is 12.4 Å². The lowest BCUT2D eigenvalue weighted by Crippen LogP contribution is -2.07. The van der Waals surface area contributed by atoms with Crippen molar-refractivity contribution in [2.24, 2.45) is 0 Å². The molecule has 704 valence electrons. The van der Waals surface area contributed by atoms with Crippen molar-refractivity contribution < 1.29 is 64.5 Å². The Balaban J connectivity index is 0.000000122.